The van der Waals surface area contributed by atoms with E-state index in [9.17, 15) is 13.2 Å². The predicted octanol–water partition coefficient (Wildman–Crippen LogP) is 4.14. The molecule has 3 rings (SSSR count). The predicted molar refractivity (Wildman–Crippen MR) is 135 cm³/mol. The van der Waals surface area contributed by atoms with Crippen molar-refractivity contribution < 1.29 is 17.9 Å². The molecule has 0 aliphatic heterocycles. The normalized spacial score (nSPS) is 12.4. The minimum atomic E-state index is -3.44. The first-order chi connectivity index (χ1) is 16.3. The highest BCUT2D eigenvalue weighted by molar-refractivity contribution is 7.91. The van der Waals surface area contributed by atoms with Gasteiger partial charge < -0.3 is 4.74 Å². The summed E-state index contributed by atoms with van der Waals surface area (Å²) in [6, 6.07) is 9.24. The highest BCUT2D eigenvalue weighted by atomic mass is 32.2. The Morgan fingerprint density at radius 3 is 2.29 bits per heavy atom. The number of aromatic nitrogens is 4. The molecule has 0 N–H and O–H groups in total. The summed E-state index contributed by atoms with van der Waals surface area (Å²) in [4.78, 5) is 30.4. The van der Waals surface area contributed by atoms with Crippen LogP contribution in [-0.4, -0.2) is 45.5 Å². The second-order valence-corrected chi connectivity index (χ2v) is 12.6. The fraction of sp³-hybridized carbons (Fsp3) is 0.423. The van der Waals surface area contributed by atoms with Gasteiger partial charge in [-0.05, 0) is 53.2 Å². The van der Waals surface area contributed by atoms with Crippen molar-refractivity contribution >= 4 is 15.6 Å². The molecule has 9 heteroatoms. The number of carbonyl (C=O) groups excluding carboxylic acids is 1. The van der Waals surface area contributed by atoms with E-state index in [0.717, 1.165) is 11.1 Å². The van der Waals surface area contributed by atoms with Crippen molar-refractivity contribution in [1.29, 1.82) is 0 Å². The fourth-order valence-corrected chi connectivity index (χ4v) is 4.16. The number of sulfone groups is 1. The van der Waals surface area contributed by atoms with Crippen LogP contribution >= 0.6 is 0 Å². The van der Waals surface area contributed by atoms with Crippen LogP contribution in [0.25, 0.3) is 11.3 Å². The van der Waals surface area contributed by atoms with Crippen molar-refractivity contribution in [2.75, 3.05) is 6.61 Å². The Hall–Kier alpha value is -3.20. The Morgan fingerprint density at radius 1 is 0.971 bits per heavy atom. The van der Waals surface area contributed by atoms with Crippen molar-refractivity contribution in [2.24, 2.45) is 0 Å². The summed E-state index contributed by atoms with van der Waals surface area (Å²) in [6.07, 6.45) is 4.95. The molecule has 2 aromatic heterocycles. The van der Waals surface area contributed by atoms with Crippen molar-refractivity contribution in [3.8, 4) is 17.1 Å². The quantitative estimate of drug-likeness (QED) is 0.435. The van der Waals surface area contributed by atoms with Crippen LogP contribution in [0.3, 0.4) is 0 Å². The maximum absolute atomic E-state index is 13.2. The average molecular weight is 497 g/mol. The first-order valence-corrected chi connectivity index (χ1v) is 13.1. The van der Waals surface area contributed by atoms with E-state index in [0.29, 0.717) is 23.9 Å². The molecule has 0 aliphatic carbocycles. The molecule has 0 aliphatic rings. The van der Waals surface area contributed by atoms with E-state index in [2.05, 4.69) is 19.9 Å². The van der Waals surface area contributed by atoms with Crippen LogP contribution < -0.4 is 4.74 Å². The molecule has 3 aromatic rings. The molecule has 0 bridgehead atoms. The van der Waals surface area contributed by atoms with Crippen LogP contribution in [-0.2, 0) is 32.2 Å². The van der Waals surface area contributed by atoms with E-state index in [1.807, 2.05) is 31.2 Å². The summed E-state index contributed by atoms with van der Waals surface area (Å²) in [5, 5.41) is 0. The molecule has 0 fully saturated rings. The maximum atomic E-state index is 13.2. The third-order valence-electron chi connectivity index (χ3n) is 5.81. The number of hydrogen-bond acceptors (Lipinski definition) is 8. The number of Topliss-reactive ketones (excluding diaryl/α,β-unsaturated/α-hetero) is 1. The van der Waals surface area contributed by atoms with E-state index in [1.165, 1.54) is 6.20 Å². The van der Waals surface area contributed by atoms with Gasteiger partial charge in [0.1, 0.15) is 17.4 Å². The van der Waals surface area contributed by atoms with Gasteiger partial charge in [-0.2, -0.15) is 0 Å². The summed E-state index contributed by atoms with van der Waals surface area (Å²) in [7, 11) is -3.44. The van der Waals surface area contributed by atoms with Gasteiger partial charge in [0, 0.05) is 18.2 Å². The summed E-state index contributed by atoms with van der Waals surface area (Å²) >= 11 is 0. The number of ether oxygens (including phenoxy) is 1. The molecule has 0 amide bonds. The molecule has 8 nitrogen and oxygen atoms in total. The Morgan fingerprint density at radius 2 is 1.66 bits per heavy atom. The van der Waals surface area contributed by atoms with Crippen LogP contribution in [0.4, 0.5) is 0 Å². The number of carbonyl (C=O) groups is 1. The van der Waals surface area contributed by atoms with Gasteiger partial charge in [-0.3, -0.25) is 9.78 Å². The second-order valence-electron chi connectivity index (χ2n) is 9.83. The van der Waals surface area contributed by atoms with Gasteiger partial charge in [0.15, 0.2) is 9.84 Å². The van der Waals surface area contributed by atoms with Crippen LogP contribution in [0.15, 0.2) is 48.9 Å². The minimum absolute atomic E-state index is 0.0355. The molecule has 1 aromatic carbocycles. The van der Waals surface area contributed by atoms with Crippen molar-refractivity contribution in [3.63, 3.8) is 0 Å². The number of nitrogens with zero attached hydrogens (tertiary/aromatic N) is 4. The lowest BCUT2D eigenvalue weighted by molar-refractivity contribution is -0.122. The third kappa shape index (κ3) is 6.28. The van der Waals surface area contributed by atoms with E-state index >= 15 is 0 Å². The molecule has 0 unspecified atom stereocenters. The van der Waals surface area contributed by atoms with Crippen LogP contribution in [0, 0.1) is 0 Å². The largest absolute Gasteiger partial charge is 0.477 e. The summed E-state index contributed by atoms with van der Waals surface area (Å²) in [6.45, 7) is 10.9. The highest BCUT2D eigenvalue weighted by Gasteiger charge is 2.33. The van der Waals surface area contributed by atoms with E-state index in [-0.39, 0.29) is 23.8 Å². The Labute approximate surface area is 207 Å². The lowest BCUT2D eigenvalue weighted by atomic mass is 9.81. The van der Waals surface area contributed by atoms with E-state index in [1.54, 1.807) is 53.1 Å². The smallest absolute Gasteiger partial charge is 0.232 e. The molecule has 0 saturated heterocycles. The van der Waals surface area contributed by atoms with Crippen molar-refractivity contribution in [2.45, 2.75) is 63.9 Å². The third-order valence-corrected chi connectivity index (χ3v) is 8.32. The molecule has 186 valence electrons. The fourth-order valence-electron chi connectivity index (χ4n) is 3.25. The zero-order valence-electron chi connectivity index (χ0n) is 21.1. The molecule has 0 spiro atoms. The van der Waals surface area contributed by atoms with Gasteiger partial charge in [-0.25, -0.2) is 23.4 Å². The van der Waals surface area contributed by atoms with Crippen LogP contribution in [0.2, 0.25) is 0 Å². The summed E-state index contributed by atoms with van der Waals surface area (Å²) in [5.74, 6) is 0.346. The molecular weight excluding hydrogens is 464 g/mol. The first kappa shape index (κ1) is 26.4. The van der Waals surface area contributed by atoms with Gasteiger partial charge in [0.25, 0.3) is 0 Å². The average Bonchev–Trinajstić information content (AvgIpc) is 2.79. The lowest BCUT2D eigenvalue weighted by Crippen LogP contribution is -2.33. The standard InChI is InChI=1S/C26H32N4O4S/c1-7-34-24-16-27-15-20(29-24)19-10-8-18(9-11-19)14-22(31)26(5,6)21-12-13-28-23(30-21)17-35(32,33)25(2,3)4/h8-13,15-16H,7,14,17H2,1-6H3. The van der Waals surface area contributed by atoms with Gasteiger partial charge in [-0.1, -0.05) is 24.3 Å². The molecule has 0 radical (unpaired) electrons. The molecular formula is C26H32N4O4S. The Bertz CT molecular complexity index is 1300. The molecule has 35 heavy (non-hydrogen) atoms. The lowest BCUT2D eigenvalue weighted by Gasteiger charge is -2.23. The number of hydrogen-bond donors (Lipinski definition) is 0. The van der Waals surface area contributed by atoms with Crippen molar-refractivity contribution in [1.82, 2.24) is 19.9 Å². The van der Waals surface area contributed by atoms with E-state index in [4.69, 9.17) is 4.74 Å². The van der Waals surface area contributed by atoms with Gasteiger partial charge >= 0.3 is 0 Å². The number of rotatable bonds is 9. The number of ketones is 1. The minimum Gasteiger partial charge on any atom is -0.477 e. The Kier molecular flexibility index (Phi) is 7.69. The zero-order chi connectivity index (χ0) is 25.9. The molecule has 0 atom stereocenters. The molecule has 2 heterocycles. The van der Waals surface area contributed by atoms with Crippen LogP contribution in [0.1, 0.15) is 58.6 Å². The van der Waals surface area contributed by atoms with Gasteiger partial charge in [0.05, 0.1) is 40.6 Å². The topological polar surface area (TPSA) is 112 Å². The monoisotopic (exact) mass is 496 g/mol. The maximum Gasteiger partial charge on any atom is 0.232 e. The first-order valence-electron chi connectivity index (χ1n) is 11.5. The van der Waals surface area contributed by atoms with Crippen LogP contribution in [0.5, 0.6) is 5.88 Å². The van der Waals surface area contributed by atoms with Crippen molar-refractivity contribution in [3.05, 3.63) is 66.0 Å². The second kappa shape index (κ2) is 10.2. The SMILES string of the molecule is CCOc1cncc(-c2ccc(CC(=O)C(C)(C)c3ccnc(CS(=O)(=O)C(C)(C)C)n3)cc2)n1. The van der Waals surface area contributed by atoms with Gasteiger partial charge in [-0.15, -0.1) is 0 Å². The van der Waals surface area contributed by atoms with Gasteiger partial charge in [0.2, 0.25) is 5.88 Å². The van der Waals surface area contributed by atoms with E-state index < -0.39 is 20.0 Å². The number of benzene rings is 1. The summed E-state index contributed by atoms with van der Waals surface area (Å²) < 4.78 is 29.6. The zero-order valence-corrected chi connectivity index (χ0v) is 21.9. The molecule has 0 saturated carbocycles. The highest BCUT2D eigenvalue weighted by Crippen LogP contribution is 2.26. The Balaban J connectivity index is 1.76. The summed E-state index contributed by atoms with van der Waals surface area (Å²) in [5.41, 5.74) is 1.99.